The molecule has 1 unspecified atom stereocenters. The first-order chi connectivity index (χ1) is 16.1. The van der Waals surface area contributed by atoms with Crippen LogP contribution in [0.1, 0.15) is 48.5 Å². The van der Waals surface area contributed by atoms with Crippen LogP contribution in [0.25, 0.3) is 0 Å². The van der Waals surface area contributed by atoms with Crippen LogP contribution in [0.4, 0.5) is 28.9 Å². The van der Waals surface area contributed by atoms with Gasteiger partial charge in [-0.15, -0.1) is 0 Å². The number of amides is 2. The highest BCUT2D eigenvalue weighted by atomic mass is 19.4. The minimum atomic E-state index is -4.77. The molecule has 1 aliphatic heterocycles. The predicted molar refractivity (Wildman–Crippen MR) is 122 cm³/mol. The second-order valence-electron chi connectivity index (χ2n) is 8.01. The van der Waals surface area contributed by atoms with Gasteiger partial charge in [0.15, 0.2) is 0 Å². The van der Waals surface area contributed by atoms with Gasteiger partial charge in [0.05, 0.1) is 16.9 Å². The molecule has 1 atom stereocenters. The molecule has 1 aliphatic rings. The number of rotatable bonds is 8. The largest absolute Gasteiger partial charge is 0.431 e. The number of benzene rings is 2. The van der Waals surface area contributed by atoms with E-state index in [9.17, 15) is 27.2 Å². The van der Waals surface area contributed by atoms with Crippen molar-refractivity contribution in [2.45, 2.75) is 51.7 Å². The number of nitrogens with zero attached hydrogens (tertiary/aromatic N) is 2. The smallest absolute Gasteiger partial charge is 0.352 e. The standard InChI is InChI=1S/C24H26F4N4O2/c1-3-4-7-13-29-22(33)16-10-8-9-15(2)21(16)30-23(34)19-14-20(24(26,27)28)31-32(19)18-12-6-5-11-17(18)25/h5-6,8-12,19H,3-4,7,13-14H2,1-2H3,(H,29,33)(H,30,34). The fourth-order valence-electron chi connectivity index (χ4n) is 3.65. The van der Waals surface area contributed by atoms with Crippen LogP contribution in [0.15, 0.2) is 47.6 Å². The second-order valence-corrected chi connectivity index (χ2v) is 8.01. The molecule has 3 rings (SSSR count). The van der Waals surface area contributed by atoms with E-state index >= 15 is 0 Å². The lowest BCUT2D eigenvalue weighted by Gasteiger charge is -2.24. The van der Waals surface area contributed by atoms with Crippen molar-refractivity contribution in [3.63, 3.8) is 0 Å². The number of aryl methyl sites for hydroxylation is 1. The zero-order valence-corrected chi connectivity index (χ0v) is 18.9. The summed E-state index contributed by atoms with van der Waals surface area (Å²) in [4.78, 5) is 25.9. The van der Waals surface area contributed by atoms with Crippen LogP contribution in [0.2, 0.25) is 0 Å². The third-order valence-electron chi connectivity index (χ3n) is 5.47. The first-order valence-electron chi connectivity index (χ1n) is 11.0. The summed E-state index contributed by atoms with van der Waals surface area (Å²) in [6.45, 7) is 4.17. The van der Waals surface area contributed by atoms with Crippen LogP contribution in [0.5, 0.6) is 0 Å². The molecule has 2 aromatic rings. The van der Waals surface area contributed by atoms with E-state index in [0.29, 0.717) is 12.1 Å². The summed E-state index contributed by atoms with van der Waals surface area (Å²) in [7, 11) is 0. The molecule has 0 aliphatic carbocycles. The summed E-state index contributed by atoms with van der Waals surface area (Å²) in [5, 5.41) is 9.65. The van der Waals surface area contributed by atoms with Gasteiger partial charge in [0.2, 0.25) is 5.91 Å². The maximum atomic E-state index is 14.4. The Balaban J connectivity index is 1.87. The van der Waals surface area contributed by atoms with E-state index in [4.69, 9.17) is 0 Å². The predicted octanol–water partition coefficient (Wildman–Crippen LogP) is 5.19. The number of anilines is 2. The maximum Gasteiger partial charge on any atom is 0.431 e. The molecule has 0 radical (unpaired) electrons. The quantitative estimate of drug-likeness (QED) is 0.405. The zero-order valence-electron chi connectivity index (χ0n) is 18.9. The molecule has 0 spiro atoms. The van der Waals surface area contributed by atoms with Crippen molar-refractivity contribution in [3.05, 3.63) is 59.4 Å². The number of hydrogen-bond acceptors (Lipinski definition) is 4. The molecule has 2 amide bonds. The van der Waals surface area contributed by atoms with Crippen molar-refractivity contribution in [3.8, 4) is 0 Å². The third kappa shape index (κ3) is 5.73. The Morgan fingerprint density at radius 1 is 1.12 bits per heavy atom. The Morgan fingerprint density at radius 2 is 1.85 bits per heavy atom. The molecular weight excluding hydrogens is 452 g/mol. The summed E-state index contributed by atoms with van der Waals surface area (Å²) in [6, 6.07) is 8.55. The number of nitrogens with one attached hydrogen (secondary N) is 2. The summed E-state index contributed by atoms with van der Waals surface area (Å²) in [5.41, 5.74) is -0.496. The van der Waals surface area contributed by atoms with Crippen LogP contribution < -0.4 is 15.6 Å². The molecule has 0 saturated heterocycles. The van der Waals surface area contributed by atoms with Crippen LogP contribution >= 0.6 is 0 Å². The lowest BCUT2D eigenvalue weighted by Crippen LogP contribution is -2.40. The van der Waals surface area contributed by atoms with E-state index in [2.05, 4.69) is 15.7 Å². The Hall–Kier alpha value is -3.43. The van der Waals surface area contributed by atoms with Gasteiger partial charge in [0.25, 0.3) is 5.91 Å². The van der Waals surface area contributed by atoms with Crippen LogP contribution in [-0.2, 0) is 4.79 Å². The minimum Gasteiger partial charge on any atom is -0.352 e. The van der Waals surface area contributed by atoms with E-state index in [1.165, 1.54) is 24.3 Å². The van der Waals surface area contributed by atoms with Gasteiger partial charge >= 0.3 is 6.18 Å². The number of unbranched alkanes of at least 4 members (excludes halogenated alkanes) is 2. The van der Waals surface area contributed by atoms with Gasteiger partial charge in [-0.25, -0.2) is 9.40 Å². The van der Waals surface area contributed by atoms with E-state index in [1.54, 1.807) is 19.1 Å². The Kier molecular flexibility index (Phi) is 7.90. The minimum absolute atomic E-state index is 0.189. The average molecular weight is 478 g/mol. The molecule has 0 fully saturated rings. The molecule has 34 heavy (non-hydrogen) atoms. The van der Waals surface area contributed by atoms with Crippen LogP contribution in [-0.4, -0.2) is 36.3 Å². The van der Waals surface area contributed by atoms with Gasteiger partial charge in [-0.2, -0.15) is 18.3 Å². The molecule has 10 heteroatoms. The van der Waals surface area contributed by atoms with Gasteiger partial charge in [-0.3, -0.25) is 9.59 Å². The normalized spacial score (nSPS) is 15.8. The number of carbonyl (C=O) groups is 2. The topological polar surface area (TPSA) is 73.8 Å². The third-order valence-corrected chi connectivity index (χ3v) is 5.47. The van der Waals surface area contributed by atoms with Crippen molar-refractivity contribution in [1.29, 1.82) is 0 Å². The van der Waals surface area contributed by atoms with Crippen LogP contribution in [0.3, 0.4) is 0 Å². The lowest BCUT2D eigenvalue weighted by molar-refractivity contribution is -0.117. The zero-order chi connectivity index (χ0) is 24.9. The summed E-state index contributed by atoms with van der Waals surface area (Å²) in [5.74, 6) is -2.05. The van der Waals surface area contributed by atoms with Crippen LogP contribution in [0, 0.1) is 12.7 Å². The number of halogens is 4. The van der Waals surface area contributed by atoms with E-state index in [1.807, 2.05) is 6.92 Å². The number of para-hydroxylation sites is 2. The molecule has 1 heterocycles. The van der Waals surface area contributed by atoms with Gasteiger partial charge in [-0.05, 0) is 37.1 Å². The number of carbonyl (C=O) groups excluding carboxylic acids is 2. The first-order valence-corrected chi connectivity index (χ1v) is 11.0. The molecule has 0 saturated carbocycles. The van der Waals surface area contributed by atoms with E-state index < -0.39 is 42.0 Å². The van der Waals surface area contributed by atoms with Gasteiger partial charge in [0.1, 0.15) is 17.6 Å². The fourth-order valence-corrected chi connectivity index (χ4v) is 3.65. The second kappa shape index (κ2) is 10.7. The molecule has 2 aromatic carbocycles. The van der Waals surface area contributed by atoms with Crippen molar-refractivity contribution >= 4 is 28.9 Å². The summed E-state index contributed by atoms with van der Waals surface area (Å²) >= 11 is 0. The fraction of sp³-hybridized carbons (Fsp3) is 0.375. The molecule has 2 N–H and O–H groups in total. The van der Waals surface area contributed by atoms with Gasteiger partial charge in [-0.1, -0.05) is 44.0 Å². The Morgan fingerprint density at radius 3 is 2.53 bits per heavy atom. The molecular formula is C24H26F4N4O2. The summed E-state index contributed by atoms with van der Waals surface area (Å²) < 4.78 is 54.5. The Labute approximate surface area is 195 Å². The van der Waals surface area contributed by atoms with Crippen molar-refractivity contribution in [1.82, 2.24) is 5.32 Å². The molecule has 182 valence electrons. The van der Waals surface area contributed by atoms with Gasteiger partial charge < -0.3 is 10.6 Å². The average Bonchev–Trinajstić information content (AvgIpc) is 3.24. The van der Waals surface area contributed by atoms with Gasteiger partial charge in [0, 0.05) is 13.0 Å². The first kappa shape index (κ1) is 25.2. The SMILES string of the molecule is CCCCCNC(=O)c1cccc(C)c1NC(=O)C1CC(C(F)(F)F)=NN1c1ccccc1F. The lowest BCUT2D eigenvalue weighted by atomic mass is 10.0. The highest BCUT2D eigenvalue weighted by molar-refractivity contribution is 6.09. The highest BCUT2D eigenvalue weighted by Gasteiger charge is 2.46. The summed E-state index contributed by atoms with van der Waals surface area (Å²) in [6.07, 6.45) is -2.79. The van der Waals surface area contributed by atoms with E-state index in [-0.39, 0.29) is 16.9 Å². The van der Waals surface area contributed by atoms with Crippen molar-refractivity contribution < 1.29 is 27.2 Å². The number of hydrazone groups is 1. The van der Waals surface area contributed by atoms with Crippen molar-refractivity contribution in [2.24, 2.45) is 5.10 Å². The maximum absolute atomic E-state index is 14.4. The molecule has 6 nitrogen and oxygen atoms in total. The molecule has 0 bridgehead atoms. The Bertz CT molecular complexity index is 1080. The number of alkyl halides is 3. The monoisotopic (exact) mass is 478 g/mol. The van der Waals surface area contributed by atoms with E-state index in [0.717, 1.165) is 30.3 Å². The number of hydrogen-bond donors (Lipinski definition) is 2. The highest BCUT2D eigenvalue weighted by Crippen LogP contribution is 2.33. The van der Waals surface area contributed by atoms with Crippen molar-refractivity contribution in [2.75, 3.05) is 16.9 Å². The molecule has 0 aromatic heterocycles.